The minimum absolute atomic E-state index is 0.320. The van der Waals surface area contributed by atoms with Crippen molar-refractivity contribution in [3.8, 4) is 0 Å². The molecule has 0 heterocycles. The first-order valence-electron chi connectivity index (χ1n) is 8.73. The number of ether oxygens (including phenoxy) is 1. The zero-order chi connectivity index (χ0) is 17.0. The molecule has 1 aliphatic carbocycles. The fourth-order valence-corrected chi connectivity index (χ4v) is 2.70. The van der Waals surface area contributed by atoms with Crippen LogP contribution in [0.15, 0.2) is 0 Å². The molecule has 0 saturated heterocycles. The zero-order valence-electron chi connectivity index (χ0n) is 15.6. The number of carbonyl (C=O) groups excluding carboxylic acids is 1. The van der Waals surface area contributed by atoms with Crippen LogP contribution in [-0.2, 0) is 4.74 Å². The zero-order valence-corrected chi connectivity index (χ0v) is 15.6. The molecule has 0 aromatic rings. The lowest BCUT2D eigenvalue weighted by Crippen LogP contribution is -2.41. The van der Waals surface area contributed by atoms with Gasteiger partial charge in [-0.1, -0.05) is 27.7 Å². The highest BCUT2D eigenvalue weighted by Gasteiger charge is 2.44. The summed E-state index contributed by atoms with van der Waals surface area (Å²) in [4.78, 5) is 11.8. The van der Waals surface area contributed by atoms with Gasteiger partial charge in [-0.3, -0.25) is 0 Å². The average Bonchev–Trinajstić information content (AvgIpc) is 3.11. The van der Waals surface area contributed by atoms with Crippen molar-refractivity contribution in [3.05, 3.63) is 0 Å². The molecule has 1 saturated carbocycles. The predicted octanol–water partition coefficient (Wildman–Crippen LogP) is 3.81. The van der Waals surface area contributed by atoms with Crippen LogP contribution in [0, 0.1) is 23.2 Å². The van der Waals surface area contributed by atoms with Crippen molar-refractivity contribution in [2.45, 2.75) is 66.9 Å². The minimum atomic E-state index is -0.439. The Hall–Kier alpha value is -0.770. The summed E-state index contributed by atoms with van der Waals surface area (Å²) in [6.07, 6.45) is 2.37. The Morgan fingerprint density at radius 3 is 2.14 bits per heavy atom. The van der Waals surface area contributed by atoms with Crippen LogP contribution < -0.4 is 10.6 Å². The summed E-state index contributed by atoms with van der Waals surface area (Å²) < 4.78 is 5.30. The summed E-state index contributed by atoms with van der Waals surface area (Å²) in [5.41, 5.74) is 0.0887. The molecule has 0 radical (unpaired) electrons. The summed E-state index contributed by atoms with van der Waals surface area (Å²) >= 11 is 0. The van der Waals surface area contributed by atoms with E-state index in [0.717, 1.165) is 19.0 Å². The summed E-state index contributed by atoms with van der Waals surface area (Å²) in [6, 6.07) is 0. The highest BCUT2D eigenvalue weighted by Crippen LogP contribution is 2.51. The normalized spacial score (nSPS) is 18.4. The third kappa shape index (κ3) is 6.55. The lowest BCUT2D eigenvalue weighted by atomic mass is 9.91. The van der Waals surface area contributed by atoms with Gasteiger partial charge in [-0.15, -0.1) is 0 Å². The maximum atomic E-state index is 11.8. The summed E-state index contributed by atoms with van der Waals surface area (Å²) in [6.45, 7) is 17.4. The van der Waals surface area contributed by atoms with Crippen LogP contribution in [0.3, 0.4) is 0 Å². The van der Waals surface area contributed by atoms with Crippen molar-refractivity contribution in [2.75, 3.05) is 19.6 Å². The standard InChI is InChI=1S/C18H36N2O2/c1-13(2)15(11-20-16(21)22-17(5,6)7)10-19-12-18(8-9-18)14(3)4/h13-15,19H,8-12H2,1-7H3,(H,20,21). The van der Waals surface area contributed by atoms with Crippen molar-refractivity contribution in [1.82, 2.24) is 10.6 Å². The summed E-state index contributed by atoms with van der Waals surface area (Å²) in [7, 11) is 0. The van der Waals surface area contributed by atoms with Crippen LogP contribution in [0.1, 0.15) is 61.3 Å². The molecule has 1 rings (SSSR count). The van der Waals surface area contributed by atoms with E-state index in [1.54, 1.807) is 0 Å². The third-order valence-electron chi connectivity index (χ3n) is 4.85. The van der Waals surface area contributed by atoms with Gasteiger partial charge in [0.25, 0.3) is 0 Å². The van der Waals surface area contributed by atoms with E-state index in [9.17, 15) is 4.79 Å². The van der Waals surface area contributed by atoms with Gasteiger partial charge < -0.3 is 15.4 Å². The molecule has 130 valence electrons. The Balaban J connectivity index is 2.32. The van der Waals surface area contributed by atoms with E-state index in [4.69, 9.17) is 4.74 Å². The number of hydrogen-bond acceptors (Lipinski definition) is 3. The first-order valence-corrected chi connectivity index (χ1v) is 8.73. The van der Waals surface area contributed by atoms with Gasteiger partial charge in [-0.25, -0.2) is 4.79 Å². The van der Waals surface area contributed by atoms with Crippen LogP contribution in [0.4, 0.5) is 4.79 Å². The Labute approximate surface area is 136 Å². The number of nitrogens with one attached hydrogen (secondary N) is 2. The highest BCUT2D eigenvalue weighted by atomic mass is 16.6. The second-order valence-electron chi connectivity index (χ2n) is 8.53. The Bertz CT molecular complexity index is 355. The van der Waals surface area contributed by atoms with Gasteiger partial charge in [0.05, 0.1) is 0 Å². The summed E-state index contributed by atoms with van der Waals surface area (Å²) in [5.74, 6) is 1.70. The van der Waals surface area contributed by atoms with E-state index in [1.165, 1.54) is 12.8 Å². The largest absolute Gasteiger partial charge is 0.444 e. The third-order valence-corrected chi connectivity index (χ3v) is 4.85. The number of amides is 1. The molecule has 0 aliphatic heterocycles. The summed E-state index contributed by atoms with van der Waals surface area (Å²) in [5, 5.41) is 6.54. The van der Waals surface area contributed by atoms with Gasteiger partial charge in [0.15, 0.2) is 0 Å². The second kappa shape index (κ2) is 7.67. The minimum Gasteiger partial charge on any atom is -0.444 e. The molecule has 1 aliphatic rings. The quantitative estimate of drug-likeness (QED) is 0.716. The van der Waals surface area contributed by atoms with Gasteiger partial charge in [-0.2, -0.15) is 0 Å². The maximum Gasteiger partial charge on any atom is 0.407 e. The molecule has 1 amide bonds. The molecule has 22 heavy (non-hydrogen) atoms. The molecule has 0 spiro atoms. The van der Waals surface area contributed by atoms with Gasteiger partial charge in [-0.05, 0) is 63.3 Å². The molecule has 0 bridgehead atoms. The van der Waals surface area contributed by atoms with E-state index in [-0.39, 0.29) is 6.09 Å². The number of hydrogen-bond donors (Lipinski definition) is 2. The van der Waals surface area contributed by atoms with Crippen LogP contribution in [0.2, 0.25) is 0 Å². The molecule has 4 nitrogen and oxygen atoms in total. The van der Waals surface area contributed by atoms with Crippen molar-refractivity contribution < 1.29 is 9.53 Å². The molecule has 2 N–H and O–H groups in total. The fourth-order valence-electron chi connectivity index (χ4n) is 2.70. The SMILES string of the molecule is CC(C)C(CNCC1(C(C)C)CC1)CNC(=O)OC(C)(C)C. The average molecular weight is 312 g/mol. The highest BCUT2D eigenvalue weighted by molar-refractivity contribution is 5.67. The molecule has 0 aromatic carbocycles. The van der Waals surface area contributed by atoms with Crippen LogP contribution in [0.5, 0.6) is 0 Å². The van der Waals surface area contributed by atoms with Gasteiger partial charge >= 0.3 is 6.09 Å². The molecule has 1 atom stereocenters. The van der Waals surface area contributed by atoms with Gasteiger partial charge in [0.2, 0.25) is 0 Å². The van der Waals surface area contributed by atoms with Crippen molar-refractivity contribution in [1.29, 1.82) is 0 Å². The van der Waals surface area contributed by atoms with E-state index in [1.807, 2.05) is 20.8 Å². The lowest BCUT2D eigenvalue weighted by molar-refractivity contribution is 0.0514. The van der Waals surface area contributed by atoms with E-state index < -0.39 is 5.60 Å². The fraction of sp³-hybridized carbons (Fsp3) is 0.944. The van der Waals surface area contributed by atoms with Crippen LogP contribution in [-0.4, -0.2) is 31.3 Å². The predicted molar refractivity (Wildman–Crippen MR) is 91.9 cm³/mol. The van der Waals surface area contributed by atoms with Crippen LogP contribution >= 0.6 is 0 Å². The Kier molecular flexibility index (Phi) is 6.72. The first kappa shape index (κ1) is 19.3. The Morgan fingerprint density at radius 2 is 1.73 bits per heavy atom. The van der Waals surface area contributed by atoms with Gasteiger partial charge in [0.1, 0.15) is 5.60 Å². The van der Waals surface area contributed by atoms with E-state index in [2.05, 4.69) is 38.3 Å². The van der Waals surface area contributed by atoms with Crippen molar-refractivity contribution in [2.24, 2.45) is 23.2 Å². The molecule has 1 fully saturated rings. The molecule has 0 aromatic heterocycles. The molecular formula is C18H36N2O2. The van der Waals surface area contributed by atoms with E-state index >= 15 is 0 Å². The van der Waals surface area contributed by atoms with Gasteiger partial charge in [0, 0.05) is 13.1 Å². The van der Waals surface area contributed by atoms with E-state index in [0.29, 0.717) is 23.8 Å². The topological polar surface area (TPSA) is 50.4 Å². The second-order valence-corrected chi connectivity index (χ2v) is 8.53. The molecule has 1 unspecified atom stereocenters. The maximum absolute atomic E-state index is 11.8. The number of carbonyl (C=O) groups is 1. The smallest absolute Gasteiger partial charge is 0.407 e. The van der Waals surface area contributed by atoms with Crippen LogP contribution in [0.25, 0.3) is 0 Å². The monoisotopic (exact) mass is 312 g/mol. The van der Waals surface area contributed by atoms with Crippen molar-refractivity contribution in [3.63, 3.8) is 0 Å². The number of rotatable bonds is 8. The lowest BCUT2D eigenvalue weighted by Gasteiger charge is -2.26. The van der Waals surface area contributed by atoms with Crippen molar-refractivity contribution >= 4 is 6.09 Å². The first-order chi connectivity index (χ1) is 10.1. The number of alkyl carbamates (subject to hydrolysis) is 1. The Morgan fingerprint density at radius 1 is 1.14 bits per heavy atom. The molecular weight excluding hydrogens is 276 g/mol. The molecule has 4 heteroatoms.